The number of aliphatic hydroxyl groups is 1. The van der Waals surface area contributed by atoms with E-state index < -0.39 is 0 Å². The quantitative estimate of drug-likeness (QED) is 0.591. The average molecular weight is 272 g/mol. The van der Waals surface area contributed by atoms with Crippen LogP contribution in [0.4, 0.5) is 0 Å². The number of halogens is 1. The Labute approximate surface area is 112 Å². The molecule has 4 heteroatoms. The zero-order valence-electron chi connectivity index (χ0n) is 9.79. The maximum absolute atomic E-state index is 8.80. The first-order valence-electron chi connectivity index (χ1n) is 6.05. The summed E-state index contributed by atoms with van der Waals surface area (Å²) in [5.41, 5.74) is 1.20. The molecule has 17 heavy (non-hydrogen) atoms. The van der Waals surface area contributed by atoms with Crippen LogP contribution in [0.15, 0.2) is 23.1 Å². The third-order valence-corrected chi connectivity index (χ3v) is 4.32. The molecule has 1 aliphatic rings. The number of benzene rings is 1. The van der Waals surface area contributed by atoms with E-state index in [1.807, 2.05) is 12.1 Å². The molecule has 0 spiro atoms. The smallest absolute Gasteiger partial charge is 0.0462 e. The van der Waals surface area contributed by atoms with Gasteiger partial charge >= 0.3 is 0 Å². The van der Waals surface area contributed by atoms with Crippen molar-refractivity contribution in [2.24, 2.45) is 0 Å². The fourth-order valence-corrected chi connectivity index (χ4v) is 2.95. The van der Waals surface area contributed by atoms with E-state index in [2.05, 4.69) is 11.4 Å². The van der Waals surface area contributed by atoms with Gasteiger partial charge in [-0.2, -0.15) is 0 Å². The number of hydrogen-bond donors (Lipinski definition) is 2. The number of rotatable bonds is 7. The highest BCUT2D eigenvalue weighted by Gasteiger charge is 2.21. The molecule has 0 atom stereocenters. The van der Waals surface area contributed by atoms with Crippen LogP contribution in [0.5, 0.6) is 0 Å². The lowest BCUT2D eigenvalue weighted by molar-refractivity contribution is 0.296. The van der Waals surface area contributed by atoms with Crippen LogP contribution in [0, 0.1) is 0 Å². The fraction of sp³-hybridized carbons (Fsp3) is 0.538. The Kier molecular flexibility index (Phi) is 5.16. The first-order valence-corrected chi connectivity index (χ1v) is 7.42. The van der Waals surface area contributed by atoms with Gasteiger partial charge in [-0.15, -0.1) is 11.8 Å². The first-order chi connectivity index (χ1) is 8.31. The predicted molar refractivity (Wildman–Crippen MR) is 73.7 cm³/mol. The molecule has 94 valence electrons. The molecule has 2 N–H and O–H groups in total. The van der Waals surface area contributed by atoms with E-state index in [1.54, 1.807) is 11.8 Å². The summed E-state index contributed by atoms with van der Waals surface area (Å²) in [6.45, 7) is 1.11. The number of thioether (sulfide) groups is 1. The minimum Gasteiger partial charge on any atom is -0.396 e. The van der Waals surface area contributed by atoms with E-state index in [0.717, 1.165) is 23.7 Å². The number of hydrogen-bond acceptors (Lipinski definition) is 3. The molecule has 1 aliphatic carbocycles. The topological polar surface area (TPSA) is 32.3 Å². The van der Waals surface area contributed by atoms with Crippen LogP contribution >= 0.6 is 23.4 Å². The normalized spacial score (nSPS) is 15.2. The summed E-state index contributed by atoms with van der Waals surface area (Å²) in [7, 11) is 0. The summed E-state index contributed by atoms with van der Waals surface area (Å²) < 4.78 is 0. The molecule has 1 saturated carbocycles. The second-order valence-electron chi connectivity index (χ2n) is 4.30. The molecule has 2 nitrogen and oxygen atoms in total. The highest BCUT2D eigenvalue weighted by atomic mass is 35.5. The van der Waals surface area contributed by atoms with Crippen LogP contribution in [-0.4, -0.2) is 23.5 Å². The molecule has 0 saturated heterocycles. The highest BCUT2D eigenvalue weighted by Crippen LogP contribution is 2.30. The Morgan fingerprint density at radius 3 is 2.94 bits per heavy atom. The maximum atomic E-state index is 8.80. The largest absolute Gasteiger partial charge is 0.396 e. The van der Waals surface area contributed by atoms with E-state index in [1.165, 1.54) is 23.3 Å². The van der Waals surface area contributed by atoms with Gasteiger partial charge in [-0.1, -0.05) is 17.7 Å². The molecular formula is C13H18ClNOS. The Hall–Kier alpha value is -0.220. The number of aliphatic hydroxyl groups excluding tert-OH is 1. The van der Waals surface area contributed by atoms with Crippen LogP contribution in [0.1, 0.15) is 24.8 Å². The molecule has 0 bridgehead atoms. The van der Waals surface area contributed by atoms with Gasteiger partial charge in [-0.05, 0) is 37.0 Å². The second kappa shape index (κ2) is 6.64. The lowest BCUT2D eigenvalue weighted by atomic mass is 10.2. The summed E-state index contributed by atoms with van der Waals surface area (Å²) >= 11 is 8.02. The molecular weight excluding hydrogens is 254 g/mol. The van der Waals surface area contributed by atoms with Crippen molar-refractivity contribution < 1.29 is 5.11 Å². The predicted octanol–water partition coefficient (Wildman–Crippen LogP) is 3.07. The van der Waals surface area contributed by atoms with Crippen LogP contribution in [0.2, 0.25) is 5.02 Å². The van der Waals surface area contributed by atoms with Gasteiger partial charge in [0.25, 0.3) is 0 Å². The lowest BCUT2D eigenvalue weighted by Crippen LogP contribution is -2.16. The first kappa shape index (κ1) is 13.2. The van der Waals surface area contributed by atoms with Crippen molar-refractivity contribution >= 4 is 23.4 Å². The van der Waals surface area contributed by atoms with Crippen LogP contribution in [0.3, 0.4) is 0 Å². The molecule has 0 amide bonds. The molecule has 0 radical (unpaired) electrons. The van der Waals surface area contributed by atoms with Gasteiger partial charge in [0, 0.05) is 34.9 Å². The van der Waals surface area contributed by atoms with Gasteiger partial charge in [0.2, 0.25) is 0 Å². The van der Waals surface area contributed by atoms with Gasteiger partial charge in [0.1, 0.15) is 0 Å². The van der Waals surface area contributed by atoms with Crippen molar-refractivity contribution in [3.63, 3.8) is 0 Å². The SMILES string of the molecule is OCCCSc1cccc(Cl)c1CNC1CC1. The third kappa shape index (κ3) is 4.18. The van der Waals surface area contributed by atoms with E-state index >= 15 is 0 Å². The monoisotopic (exact) mass is 271 g/mol. The van der Waals surface area contributed by atoms with Crippen molar-refractivity contribution in [2.45, 2.75) is 36.7 Å². The minimum atomic E-state index is 0.253. The minimum absolute atomic E-state index is 0.253. The molecule has 0 unspecified atom stereocenters. The van der Waals surface area contributed by atoms with Gasteiger partial charge in [-0.25, -0.2) is 0 Å². The van der Waals surface area contributed by atoms with Crippen LogP contribution in [0.25, 0.3) is 0 Å². The van der Waals surface area contributed by atoms with E-state index in [0.29, 0.717) is 6.04 Å². The molecule has 1 fully saturated rings. The van der Waals surface area contributed by atoms with Crippen molar-refractivity contribution in [2.75, 3.05) is 12.4 Å². The second-order valence-corrected chi connectivity index (χ2v) is 5.84. The van der Waals surface area contributed by atoms with Crippen LogP contribution in [-0.2, 0) is 6.54 Å². The molecule has 0 aromatic heterocycles. The Balaban J connectivity index is 1.98. The Morgan fingerprint density at radius 1 is 1.41 bits per heavy atom. The molecule has 0 heterocycles. The van der Waals surface area contributed by atoms with Crippen LogP contribution < -0.4 is 5.32 Å². The third-order valence-electron chi connectivity index (χ3n) is 2.78. The molecule has 2 rings (SSSR count). The standard InChI is InChI=1S/C13H18ClNOS/c14-12-3-1-4-13(17-8-2-7-16)11(12)9-15-10-5-6-10/h1,3-4,10,15-16H,2,5-9H2. The number of nitrogens with one attached hydrogen (secondary N) is 1. The van der Waals surface area contributed by atoms with Crippen molar-refractivity contribution in [3.05, 3.63) is 28.8 Å². The highest BCUT2D eigenvalue weighted by molar-refractivity contribution is 7.99. The summed E-state index contributed by atoms with van der Waals surface area (Å²) in [5, 5.41) is 13.1. The zero-order valence-corrected chi connectivity index (χ0v) is 11.4. The summed E-state index contributed by atoms with van der Waals surface area (Å²) in [6, 6.07) is 6.74. The molecule has 1 aromatic rings. The molecule has 1 aromatic carbocycles. The van der Waals surface area contributed by atoms with Gasteiger partial charge < -0.3 is 10.4 Å². The molecule has 0 aliphatic heterocycles. The van der Waals surface area contributed by atoms with E-state index in [4.69, 9.17) is 16.7 Å². The van der Waals surface area contributed by atoms with E-state index in [9.17, 15) is 0 Å². The zero-order chi connectivity index (χ0) is 12.1. The Bertz CT molecular complexity index is 368. The lowest BCUT2D eigenvalue weighted by Gasteiger charge is -2.11. The van der Waals surface area contributed by atoms with E-state index in [-0.39, 0.29) is 6.61 Å². The summed E-state index contributed by atoms with van der Waals surface area (Å²) in [4.78, 5) is 1.24. The maximum Gasteiger partial charge on any atom is 0.0462 e. The average Bonchev–Trinajstić information content (AvgIpc) is 3.12. The summed E-state index contributed by atoms with van der Waals surface area (Å²) in [5.74, 6) is 0.938. The fourth-order valence-electron chi connectivity index (χ4n) is 1.63. The van der Waals surface area contributed by atoms with Gasteiger partial charge in [0.05, 0.1) is 0 Å². The van der Waals surface area contributed by atoms with Gasteiger partial charge in [-0.3, -0.25) is 0 Å². The Morgan fingerprint density at radius 2 is 2.24 bits per heavy atom. The van der Waals surface area contributed by atoms with Crippen molar-refractivity contribution in [1.82, 2.24) is 5.32 Å². The van der Waals surface area contributed by atoms with Gasteiger partial charge in [0.15, 0.2) is 0 Å². The van der Waals surface area contributed by atoms with Crippen molar-refractivity contribution in [1.29, 1.82) is 0 Å². The summed E-state index contributed by atoms with van der Waals surface area (Å²) in [6.07, 6.45) is 3.40. The van der Waals surface area contributed by atoms with Crippen molar-refractivity contribution in [3.8, 4) is 0 Å².